The highest BCUT2D eigenvalue weighted by atomic mass is 35.5. The number of hydrogen-bond donors (Lipinski definition) is 2. The van der Waals surface area contributed by atoms with E-state index in [9.17, 15) is 4.79 Å². The molecule has 1 aliphatic heterocycles. The molecule has 1 saturated heterocycles. The predicted octanol–water partition coefficient (Wildman–Crippen LogP) is 3.71. The number of rotatable bonds is 6. The summed E-state index contributed by atoms with van der Waals surface area (Å²) in [6, 6.07) is 17.7. The molecule has 0 spiro atoms. The van der Waals surface area contributed by atoms with Crippen LogP contribution in [0.3, 0.4) is 0 Å². The van der Waals surface area contributed by atoms with Crippen LogP contribution in [0.1, 0.15) is 30.9 Å². The van der Waals surface area contributed by atoms with Crippen molar-refractivity contribution in [3.8, 4) is 5.75 Å². The Balaban J connectivity index is 0.00000196. The molecule has 0 aliphatic carbocycles. The topological polar surface area (TPSA) is 67.6 Å². The number of carbonyl (C=O) groups excluding carboxylic acids is 1. The van der Waals surface area contributed by atoms with Crippen molar-refractivity contribution >= 4 is 36.4 Å². The predicted molar refractivity (Wildman–Crippen MR) is 119 cm³/mol. The van der Waals surface area contributed by atoms with Gasteiger partial charge in [-0.1, -0.05) is 36.4 Å². The Bertz CT molecular complexity index is 731. The van der Waals surface area contributed by atoms with Crippen molar-refractivity contribution < 1.29 is 9.53 Å². The van der Waals surface area contributed by atoms with E-state index in [4.69, 9.17) is 10.5 Å². The standard InChI is InChI=1S/C21H27N3O2.2ClH/c1-26-19-11-5-10-18(13-19)24-12-6-9-17(15-24)23-21(25)14-20(22)16-7-3-2-4-8-16;;/h2-5,7-8,10-11,13,17,20H,6,9,12,14-15,22H2,1H3,(H,23,25);2*1H. The molecule has 0 aromatic heterocycles. The summed E-state index contributed by atoms with van der Waals surface area (Å²) in [5.74, 6) is 0.862. The summed E-state index contributed by atoms with van der Waals surface area (Å²) >= 11 is 0. The fourth-order valence-corrected chi connectivity index (χ4v) is 3.44. The number of amides is 1. The first-order valence-electron chi connectivity index (χ1n) is 9.14. The van der Waals surface area contributed by atoms with Crippen LogP contribution in [0.2, 0.25) is 0 Å². The molecule has 1 fully saturated rings. The maximum atomic E-state index is 12.4. The van der Waals surface area contributed by atoms with Gasteiger partial charge in [-0.05, 0) is 30.5 Å². The van der Waals surface area contributed by atoms with Crippen molar-refractivity contribution in [3.05, 3.63) is 60.2 Å². The first kappa shape index (κ1) is 24.1. The van der Waals surface area contributed by atoms with Gasteiger partial charge in [0, 0.05) is 43.3 Å². The van der Waals surface area contributed by atoms with Gasteiger partial charge in [0.15, 0.2) is 0 Å². The molecule has 3 N–H and O–H groups in total. The van der Waals surface area contributed by atoms with E-state index in [-0.39, 0.29) is 42.8 Å². The van der Waals surface area contributed by atoms with Crippen molar-refractivity contribution in [2.24, 2.45) is 5.73 Å². The number of halogens is 2. The molecule has 0 saturated carbocycles. The summed E-state index contributed by atoms with van der Waals surface area (Å²) in [6.07, 6.45) is 2.35. The third-order valence-electron chi connectivity index (χ3n) is 4.84. The fourth-order valence-electron chi connectivity index (χ4n) is 3.44. The average Bonchev–Trinajstić information content (AvgIpc) is 2.69. The number of hydrogen-bond acceptors (Lipinski definition) is 4. The van der Waals surface area contributed by atoms with Gasteiger partial charge < -0.3 is 20.7 Å². The van der Waals surface area contributed by atoms with Crippen LogP contribution in [0.4, 0.5) is 5.69 Å². The van der Waals surface area contributed by atoms with Crippen LogP contribution < -0.4 is 20.7 Å². The van der Waals surface area contributed by atoms with E-state index in [1.165, 1.54) is 0 Å². The van der Waals surface area contributed by atoms with Gasteiger partial charge in [-0.25, -0.2) is 0 Å². The van der Waals surface area contributed by atoms with Gasteiger partial charge in [0.2, 0.25) is 5.91 Å². The third kappa shape index (κ3) is 6.59. The van der Waals surface area contributed by atoms with Crippen molar-refractivity contribution in [2.75, 3.05) is 25.1 Å². The lowest BCUT2D eigenvalue weighted by molar-refractivity contribution is -0.122. The molecule has 1 amide bonds. The van der Waals surface area contributed by atoms with Gasteiger partial charge in [0.1, 0.15) is 5.75 Å². The Morgan fingerprint density at radius 2 is 1.96 bits per heavy atom. The van der Waals surface area contributed by atoms with E-state index >= 15 is 0 Å². The van der Waals surface area contributed by atoms with Crippen LogP contribution >= 0.6 is 24.8 Å². The molecule has 1 heterocycles. The Morgan fingerprint density at radius 3 is 2.68 bits per heavy atom. The minimum Gasteiger partial charge on any atom is -0.497 e. The lowest BCUT2D eigenvalue weighted by Gasteiger charge is -2.35. The quantitative estimate of drug-likeness (QED) is 0.739. The second kappa shape index (κ2) is 11.8. The molecule has 154 valence electrons. The van der Waals surface area contributed by atoms with E-state index in [1.807, 2.05) is 48.5 Å². The summed E-state index contributed by atoms with van der Waals surface area (Å²) in [6.45, 7) is 1.79. The maximum Gasteiger partial charge on any atom is 0.222 e. The van der Waals surface area contributed by atoms with Crippen LogP contribution in [0.25, 0.3) is 0 Å². The zero-order valence-electron chi connectivity index (χ0n) is 16.0. The molecule has 2 aromatic rings. The number of methoxy groups -OCH3 is 1. The van der Waals surface area contributed by atoms with Gasteiger partial charge in [-0.3, -0.25) is 4.79 Å². The van der Waals surface area contributed by atoms with Gasteiger partial charge >= 0.3 is 0 Å². The summed E-state index contributed by atoms with van der Waals surface area (Å²) in [4.78, 5) is 14.7. The second-order valence-electron chi connectivity index (χ2n) is 6.78. The maximum absolute atomic E-state index is 12.4. The number of piperidine rings is 1. The van der Waals surface area contributed by atoms with Gasteiger partial charge in [0.05, 0.1) is 7.11 Å². The lowest BCUT2D eigenvalue weighted by atomic mass is 10.0. The molecule has 2 atom stereocenters. The number of carbonyl (C=O) groups is 1. The molecular formula is C21H29Cl2N3O2. The van der Waals surface area contributed by atoms with Crippen LogP contribution in [-0.4, -0.2) is 32.1 Å². The Hall–Kier alpha value is -1.95. The minimum absolute atomic E-state index is 0. The number of ether oxygens (including phenoxy) is 1. The van der Waals surface area contributed by atoms with Crippen molar-refractivity contribution in [1.82, 2.24) is 5.32 Å². The summed E-state index contributed by atoms with van der Waals surface area (Å²) < 4.78 is 5.31. The minimum atomic E-state index is -0.269. The second-order valence-corrected chi connectivity index (χ2v) is 6.78. The molecule has 2 unspecified atom stereocenters. The zero-order valence-corrected chi connectivity index (χ0v) is 17.7. The fraction of sp³-hybridized carbons (Fsp3) is 0.381. The molecule has 0 bridgehead atoms. The largest absolute Gasteiger partial charge is 0.497 e. The van der Waals surface area contributed by atoms with E-state index in [0.717, 1.165) is 42.9 Å². The SMILES string of the molecule is COc1cccc(N2CCCC(NC(=O)CC(N)c3ccccc3)C2)c1.Cl.Cl. The highest BCUT2D eigenvalue weighted by Crippen LogP contribution is 2.24. The molecule has 1 aliphatic rings. The van der Waals surface area contributed by atoms with Crippen LogP contribution in [-0.2, 0) is 4.79 Å². The molecule has 3 rings (SSSR count). The first-order valence-corrected chi connectivity index (χ1v) is 9.14. The van der Waals surface area contributed by atoms with Crippen molar-refractivity contribution in [3.63, 3.8) is 0 Å². The Labute approximate surface area is 179 Å². The smallest absolute Gasteiger partial charge is 0.222 e. The Kier molecular flexibility index (Phi) is 10.1. The number of nitrogens with zero attached hydrogens (tertiary/aromatic N) is 1. The highest BCUT2D eigenvalue weighted by molar-refractivity contribution is 5.85. The van der Waals surface area contributed by atoms with Gasteiger partial charge in [0.25, 0.3) is 0 Å². The summed E-state index contributed by atoms with van der Waals surface area (Å²) in [5.41, 5.74) is 8.29. The van der Waals surface area contributed by atoms with Crippen LogP contribution in [0.5, 0.6) is 5.75 Å². The molecule has 7 heteroatoms. The lowest BCUT2D eigenvalue weighted by Crippen LogP contribution is -2.48. The number of nitrogens with one attached hydrogen (secondary N) is 1. The molecule has 28 heavy (non-hydrogen) atoms. The number of benzene rings is 2. The van der Waals surface area contributed by atoms with Gasteiger partial charge in [-0.2, -0.15) is 0 Å². The van der Waals surface area contributed by atoms with Crippen LogP contribution in [0, 0.1) is 0 Å². The Morgan fingerprint density at radius 1 is 1.21 bits per heavy atom. The number of anilines is 1. The molecule has 5 nitrogen and oxygen atoms in total. The average molecular weight is 426 g/mol. The summed E-state index contributed by atoms with van der Waals surface area (Å²) in [5, 5.41) is 3.16. The monoisotopic (exact) mass is 425 g/mol. The van der Waals surface area contributed by atoms with E-state index in [2.05, 4.69) is 16.3 Å². The molecule has 0 radical (unpaired) electrons. The van der Waals surface area contributed by atoms with E-state index in [0.29, 0.717) is 6.42 Å². The summed E-state index contributed by atoms with van der Waals surface area (Å²) in [7, 11) is 1.67. The molecule has 2 aromatic carbocycles. The third-order valence-corrected chi connectivity index (χ3v) is 4.84. The normalized spacial score (nSPS) is 16.9. The first-order chi connectivity index (χ1) is 12.7. The highest BCUT2D eigenvalue weighted by Gasteiger charge is 2.22. The molecular weight excluding hydrogens is 397 g/mol. The van der Waals surface area contributed by atoms with Gasteiger partial charge in [-0.15, -0.1) is 24.8 Å². The van der Waals surface area contributed by atoms with Crippen molar-refractivity contribution in [2.45, 2.75) is 31.3 Å². The van der Waals surface area contributed by atoms with E-state index < -0.39 is 0 Å². The van der Waals surface area contributed by atoms with Crippen LogP contribution in [0.15, 0.2) is 54.6 Å². The number of nitrogens with two attached hydrogens (primary N) is 1. The van der Waals surface area contributed by atoms with Crippen molar-refractivity contribution in [1.29, 1.82) is 0 Å². The zero-order chi connectivity index (χ0) is 18.4. The van der Waals surface area contributed by atoms with E-state index in [1.54, 1.807) is 7.11 Å².